The number of rotatable bonds is 4. The quantitative estimate of drug-likeness (QED) is 0.926. The number of aromatic nitrogens is 4. The molecule has 7 nitrogen and oxygen atoms in total. The van der Waals surface area contributed by atoms with Crippen LogP contribution in [0, 0.1) is 12.3 Å². The Balaban J connectivity index is 1.52. The Bertz CT molecular complexity index is 765. The van der Waals surface area contributed by atoms with Crippen LogP contribution in [0.4, 0.5) is 0 Å². The number of hydrogen-bond acceptors (Lipinski definition) is 5. The molecule has 0 bridgehead atoms. The van der Waals surface area contributed by atoms with Crippen LogP contribution in [0.15, 0.2) is 12.3 Å². The molecule has 4 rings (SSSR count). The number of hydrogen-bond donors (Lipinski definition) is 1. The minimum Gasteiger partial charge on any atom is -0.378 e. The van der Waals surface area contributed by atoms with Crippen LogP contribution in [0.1, 0.15) is 55.3 Å². The van der Waals surface area contributed by atoms with Crippen LogP contribution in [0.2, 0.25) is 0 Å². The van der Waals surface area contributed by atoms with E-state index in [-0.39, 0.29) is 29.3 Å². The Morgan fingerprint density at radius 3 is 2.96 bits per heavy atom. The molecule has 0 saturated heterocycles. The summed E-state index contributed by atoms with van der Waals surface area (Å²) >= 11 is 0. The summed E-state index contributed by atoms with van der Waals surface area (Å²) in [6.07, 6.45) is 7.51. The summed E-state index contributed by atoms with van der Waals surface area (Å²) in [5, 5.41) is 7.44. The largest absolute Gasteiger partial charge is 0.378 e. The number of aryl methyl sites for hydroxylation is 1. The molecule has 0 aromatic carbocycles. The maximum absolute atomic E-state index is 12.6. The van der Waals surface area contributed by atoms with E-state index in [1.807, 2.05) is 19.9 Å². The minimum absolute atomic E-state index is 0.110. The number of nitrogens with zero attached hydrogens (tertiary/aromatic N) is 4. The molecule has 2 aliphatic carbocycles. The van der Waals surface area contributed by atoms with Gasteiger partial charge in [-0.2, -0.15) is 4.98 Å². The van der Waals surface area contributed by atoms with Gasteiger partial charge in [-0.15, -0.1) is 5.10 Å². The standard InChI is InChI=1S/C17H23N5O2/c1-3-24-13-10-12(17(13)7-4-5-8-17)19-15(23)14-20-16-18-9-6-11(2)22(16)21-14/h6,9,12-13H,3-5,7-8,10H2,1-2H3,(H,19,23). The number of ether oxygens (including phenoxy) is 1. The van der Waals surface area contributed by atoms with Gasteiger partial charge in [0, 0.05) is 30.0 Å². The summed E-state index contributed by atoms with van der Waals surface area (Å²) in [5.41, 5.74) is 1.01. The van der Waals surface area contributed by atoms with Crippen LogP contribution >= 0.6 is 0 Å². The molecule has 0 radical (unpaired) electrons. The highest BCUT2D eigenvalue weighted by Crippen LogP contribution is 2.54. The van der Waals surface area contributed by atoms with E-state index in [0.29, 0.717) is 5.78 Å². The van der Waals surface area contributed by atoms with Crippen LogP contribution in [0.25, 0.3) is 5.78 Å². The van der Waals surface area contributed by atoms with Gasteiger partial charge in [0.25, 0.3) is 11.7 Å². The van der Waals surface area contributed by atoms with Gasteiger partial charge in [0.2, 0.25) is 5.82 Å². The lowest BCUT2D eigenvalue weighted by atomic mass is 9.60. The van der Waals surface area contributed by atoms with Gasteiger partial charge in [0.1, 0.15) is 0 Å². The average Bonchev–Trinajstić information content (AvgIpc) is 3.23. The third-order valence-electron chi connectivity index (χ3n) is 5.63. The van der Waals surface area contributed by atoms with Crippen molar-refractivity contribution in [3.05, 3.63) is 23.8 Å². The molecule has 24 heavy (non-hydrogen) atoms. The number of amides is 1. The lowest BCUT2D eigenvalue weighted by Gasteiger charge is -2.53. The van der Waals surface area contributed by atoms with Gasteiger partial charge < -0.3 is 10.1 Å². The van der Waals surface area contributed by atoms with E-state index < -0.39 is 0 Å². The summed E-state index contributed by atoms with van der Waals surface area (Å²) < 4.78 is 7.50. The van der Waals surface area contributed by atoms with Gasteiger partial charge in [-0.05, 0) is 39.2 Å². The molecule has 2 heterocycles. The van der Waals surface area contributed by atoms with Crippen LogP contribution < -0.4 is 5.32 Å². The first kappa shape index (κ1) is 15.5. The average molecular weight is 329 g/mol. The van der Waals surface area contributed by atoms with E-state index in [1.54, 1.807) is 10.7 Å². The van der Waals surface area contributed by atoms with Crippen LogP contribution in [0.5, 0.6) is 0 Å². The van der Waals surface area contributed by atoms with Crippen molar-refractivity contribution >= 4 is 11.7 Å². The van der Waals surface area contributed by atoms with Gasteiger partial charge in [-0.1, -0.05) is 12.8 Å². The fourth-order valence-corrected chi connectivity index (χ4v) is 4.31. The van der Waals surface area contributed by atoms with Gasteiger partial charge in [-0.3, -0.25) is 4.79 Å². The first-order chi connectivity index (χ1) is 11.6. The smallest absolute Gasteiger partial charge is 0.291 e. The highest BCUT2D eigenvalue weighted by Gasteiger charge is 2.57. The van der Waals surface area contributed by atoms with Crippen molar-refractivity contribution in [2.45, 2.75) is 58.1 Å². The Morgan fingerprint density at radius 1 is 1.46 bits per heavy atom. The number of carbonyl (C=O) groups is 1. The van der Waals surface area contributed by atoms with E-state index in [2.05, 4.69) is 20.4 Å². The normalized spacial score (nSPS) is 25.1. The van der Waals surface area contributed by atoms with Gasteiger partial charge in [-0.25, -0.2) is 9.50 Å². The van der Waals surface area contributed by atoms with Crippen LogP contribution in [-0.2, 0) is 4.74 Å². The molecule has 1 N–H and O–H groups in total. The minimum atomic E-state index is -0.217. The van der Waals surface area contributed by atoms with Crippen molar-refractivity contribution in [1.29, 1.82) is 0 Å². The van der Waals surface area contributed by atoms with Crippen molar-refractivity contribution < 1.29 is 9.53 Å². The van der Waals surface area contributed by atoms with E-state index in [1.165, 1.54) is 12.8 Å². The predicted molar refractivity (Wildman–Crippen MR) is 87.7 cm³/mol. The van der Waals surface area contributed by atoms with E-state index >= 15 is 0 Å². The van der Waals surface area contributed by atoms with Gasteiger partial charge in [0.05, 0.1) is 6.10 Å². The van der Waals surface area contributed by atoms with E-state index in [0.717, 1.165) is 31.6 Å². The lowest BCUT2D eigenvalue weighted by Crippen LogP contribution is -2.63. The summed E-state index contributed by atoms with van der Waals surface area (Å²) in [4.78, 5) is 21.0. The molecule has 7 heteroatoms. The molecule has 2 aromatic rings. The third-order valence-corrected chi connectivity index (χ3v) is 5.63. The van der Waals surface area contributed by atoms with Crippen LogP contribution in [0.3, 0.4) is 0 Å². The van der Waals surface area contributed by atoms with Crippen molar-refractivity contribution in [2.24, 2.45) is 5.41 Å². The van der Waals surface area contributed by atoms with Crippen molar-refractivity contribution in [3.63, 3.8) is 0 Å². The maximum Gasteiger partial charge on any atom is 0.291 e. The van der Waals surface area contributed by atoms with Crippen molar-refractivity contribution in [1.82, 2.24) is 24.9 Å². The highest BCUT2D eigenvalue weighted by molar-refractivity contribution is 5.91. The lowest BCUT2D eigenvalue weighted by molar-refractivity contribution is -0.127. The topological polar surface area (TPSA) is 81.4 Å². The fraction of sp³-hybridized carbons (Fsp3) is 0.647. The SMILES string of the molecule is CCOC1CC(NC(=O)c2nc3nccc(C)n3n2)C12CCCC2. The number of fused-ring (bicyclic) bond motifs is 1. The number of carbonyl (C=O) groups excluding carboxylic acids is 1. The molecule has 128 valence electrons. The zero-order chi connectivity index (χ0) is 16.7. The summed E-state index contributed by atoms with van der Waals surface area (Å²) in [5.74, 6) is 0.424. The molecule has 2 aliphatic rings. The molecular weight excluding hydrogens is 306 g/mol. The van der Waals surface area contributed by atoms with Gasteiger partial charge in [0.15, 0.2) is 0 Å². The molecule has 2 aromatic heterocycles. The Hall–Kier alpha value is -2.02. The molecular formula is C17H23N5O2. The second kappa shape index (κ2) is 5.81. The van der Waals surface area contributed by atoms with Crippen molar-refractivity contribution in [3.8, 4) is 0 Å². The zero-order valence-corrected chi connectivity index (χ0v) is 14.2. The molecule has 1 spiro atoms. The molecule has 0 aliphatic heterocycles. The first-order valence-electron chi connectivity index (χ1n) is 8.75. The van der Waals surface area contributed by atoms with Gasteiger partial charge >= 0.3 is 0 Å². The fourth-order valence-electron chi connectivity index (χ4n) is 4.31. The molecule has 2 saturated carbocycles. The Kier molecular flexibility index (Phi) is 3.75. The summed E-state index contributed by atoms with van der Waals surface area (Å²) in [6.45, 7) is 4.67. The molecule has 2 unspecified atom stereocenters. The second-order valence-corrected chi connectivity index (χ2v) is 6.88. The van der Waals surface area contributed by atoms with Crippen LogP contribution in [-0.4, -0.2) is 44.2 Å². The van der Waals surface area contributed by atoms with E-state index in [4.69, 9.17) is 4.74 Å². The number of nitrogens with one attached hydrogen (secondary N) is 1. The Labute approximate surface area is 140 Å². The Morgan fingerprint density at radius 2 is 2.25 bits per heavy atom. The van der Waals surface area contributed by atoms with Crippen molar-refractivity contribution in [2.75, 3.05) is 6.61 Å². The molecule has 2 atom stereocenters. The maximum atomic E-state index is 12.6. The predicted octanol–water partition coefficient (Wildman–Crippen LogP) is 1.90. The van der Waals surface area contributed by atoms with E-state index in [9.17, 15) is 4.79 Å². The molecule has 2 fully saturated rings. The monoisotopic (exact) mass is 329 g/mol. The third kappa shape index (κ3) is 2.30. The first-order valence-corrected chi connectivity index (χ1v) is 8.75. The summed E-state index contributed by atoms with van der Waals surface area (Å²) in [6, 6.07) is 2.00. The molecule has 1 amide bonds. The zero-order valence-electron chi connectivity index (χ0n) is 14.2. The summed E-state index contributed by atoms with van der Waals surface area (Å²) in [7, 11) is 0. The highest BCUT2D eigenvalue weighted by atomic mass is 16.5. The second-order valence-electron chi connectivity index (χ2n) is 6.88.